The number of aromatic nitrogens is 2. The van der Waals surface area contributed by atoms with Crippen LogP contribution in [0.15, 0.2) is 42.7 Å². The van der Waals surface area contributed by atoms with Gasteiger partial charge in [0.25, 0.3) is 0 Å². The molecule has 0 fully saturated rings. The second kappa shape index (κ2) is 5.38. The Balaban J connectivity index is 2.08. The van der Waals surface area contributed by atoms with E-state index in [0.29, 0.717) is 6.54 Å². The van der Waals surface area contributed by atoms with Gasteiger partial charge in [0.15, 0.2) is 0 Å². The fraction of sp³-hybridized carbons (Fsp3) is 0.235. The number of hydrogen-bond donors (Lipinski definition) is 1. The van der Waals surface area contributed by atoms with E-state index in [2.05, 4.69) is 4.98 Å². The molecule has 1 N–H and O–H groups in total. The van der Waals surface area contributed by atoms with Gasteiger partial charge in [-0.05, 0) is 49.2 Å². The van der Waals surface area contributed by atoms with Gasteiger partial charge in [0, 0.05) is 0 Å². The van der Waals surface area contributed by atoms with E-state index in [1.807, 2.05) is 22.8 Å². The number of imidazole rings is 1. The van der Waals surface area contributed by atoms with Gasteiger partial charge in [-0.15, -0.1) is 0 Å². The Kier molecular flexibility index (Phi) is 3.67. The van der Waals surface area contributed by atoms with Crippen LogP contribution in [0.3, 0.4) is 0 Å². The van der Waals surface area contributed by atoms with Crippen LogP contribution in [-0.2, 0) is 6.54 Å². The smallest absolute Gasteiger partial charge is 0.141 e. The molecule has 0 amide bonds. The molecule has 0 atom stereocenters. The molecule has 3 rings (SSSR count). The molecule has 0 bridgehead atoms. The zero-order chi connectivity index (χ0) is 15.9. The average molecular weight is 319 g/mol. The van der Waals surface area contributed by atoms with Crippen molar-refractivity contribution in [2.75, 3.05) is 0 Å². The first kappa shape index (κ1) is 15.0. The molecular formula is C17H16ClFN2O. The van der Waals surface area contributed by atoms with Gasteiger partial charge >= 0.3 is 0 Å². The SMILES string of the molecule is CC(C)(O)Cn1cnc2ccc(-c3ccc(F)c(Cl)c3)cc21. The third-order valence-corrected chi connectivity index (χ3v) is 3.72. The molecule has 0 aliphatic rings. The molecule has 22 heavy (non-hydrogen) atoms. The maximum absolute atomic E-state index is 13.3. The quantitative estimate of drug-likeness (QED) is 0.783. The van der Waals surface area contributed by atoms with Gasteiger partial charge in [-0.1, -0.05) is 23.7 Å². The van der Waals surface area contributed by atoms with Gasteiger partial charge < -0.3 is 9.67 Å². The summed E-state index contributed by atoms with van der Waals surface area (Å²) in [7, 11) is 0. The van der Waals surface area contributed by atoms with Crippen LogP contribution in [0, 0.1) is 5.82 Å². The highest BCUT2D eigenvalue weighted by Crippen LogP contribution is 2.28. The van der Waals surface area contributed by atoms with Gasteiger partial charge in [-0.25, -0.2) is 9.37 Å². The largest absolute Gasteiger partial charge is 0.389 e. The van der Waals surface area contributed by atoms with Crippen LogP contribution in [0.2, 0.25) is 5.02 Å². The first-order valence-electron chi connectivity index (χ1n) is 6.96. The molecule has 1 heterocycles. The lowest BCUT2D eigenvalue weighted by molar-refractivity contribution is 0.0627. The molecule has 3 aromatic rings. The third-order valence-electron chi connectivity index (χ3n) is 3.43. The molecule has 0 unspecified atom stereocenters. The number of nitrogens with zero attached hydrogens (tertiary/aromatic N) is 2. The number of fused-ring (bicyclic) bond motifs is 1. The molecular weight excluding hydrogens is 303 g/mol. The monoisotopic (exact) mass is 318 g/mol. The van der Waals surface area contributed by atoms with E-state index in [4.69, 9.17) is 11.6 Å². The maximum atomic E-state index is 13.3. The Bertz CT molecular complexity index is 836. The number of rotatable bonds is 3. The lowest BCUT2D eigenvalue weighted by Gasteiger charge is -2.18. The van der Waals surface area contributed by atoms with Crippen molar-refractivity contribution in [1.29, 1.82) is 0 Å². The molecule has 3 nitrogen and oxygen atoms in total. The first-order valence-corrected chi connectivity index (χ1v) is 7.34. The summed E-state index contributed by atoms with van der Waals surface area (Å²) < 4.78 is 15.2. The van der Waals surface area contributed by atoms with E-state index in [9.17, 15) is 9.50 Å². The zero-order valence-corrected chi connectivity index (χ0v) is 13.1. The van der Waals surface area contributed by atoms with Crippen molar-refractivity contribution in [2.24, 2.45) is 0 Å². The van der Waals surface area contributed by atoms with Crippen LogP contribution in [-0.4, -0.2) is 20.3 Å². The van der Waals surface area contributed by atoms with E-state index in [-0.39, 0.29) is 5.02 Å². The van der Waals surface area contributed by atoms with Crippen molar-refractivity contribution in [3.63, 3.8) is 0 Å². The average Bonchev–Trinajstić information content (AvgIpc) is 2.82. The topological polar surface area (TPSA) is 38.0 Å². The molecule has 0 aliphatic heterocycles. The summed E-state index contributed by atoms with van der Waals surface area (Å²) in [5, 5.41) is 10.1. The minimum atomic E-state index is -0.831. The minimum absolute atomic E-state index is 0.0996. The predicted octanol–water partition coefficient (Wildman–Crippen LogP) is 4.27. The van der Waals surface area contributed by atoms with Gasteiger partial charge in [0.2, 0.25) is 0 Å². The maximum Gasteiger partial charge on any atom is 0.141 e. The van der Waals surface area contributed by atoms with Crippen LogP contribution >= 0.6 is 11.6 Å². The lowest BCUT2D eigenvalue weighted by Crippen LogP contribution is -2.25. The summed E-state index contributed by atoms with van der Waals surface area (Å²) in [5.41, 5.74) is 2.69. The molecule has 2 aromatic carbocycles. The number of aliphatic hydroxyl groups is 1. The van der Waals surface area contributed by atoms with Gasteiger partial charge in [-0.2, -0.15) is 0 Å². The highest BCUT2D eigenvalue weighted by molar-refractivity contribution is 6.31. The van der Waals surface area contributed by atoms with Crippen molar-refractivity contribution in [2.45, 2.75) is 26.0 Å². The Labute approximate surface area is 133 Å². The summed E-state index contributed by atoms with van der Waals surface area (Å²) in [6.07, 6.45) is 1.71. The Hall–Kier alpha value is -1.91. The number of halogens is 2. The van der Waals surface area contributed by atoms with Gasteiger partial charge in [0.1, 0.15) is 5.82 Å². The summed E-state index contributed by atoms with van der Waals surface area (Å²) in [4.78, 5) is 4.34. The van der Waals surface area contributed by atoms with Gasteiger partial charge in [-0.3, -0.25) is 0 Å². The Morgan fingerprint density at radius 2 is 1.86 bits per heavy atom. The molecule has 114 valence electrons. The molecule has 0 radical (unpaired) electrons. The normalized spacial score (nSPS) is 12.0. The van der Waals surface area contributed by atoms with Crippen LogP contribution in [0.1, 0.15) is 13.8 Å². The number of hydrogen-bond acceptors (Lipinski definition) is 2. The van der Waals surface area contributed by atoms with E-state index >= 15 is 0 Å². The molecule has 0 aliphatic carbocycles. The van der Waals surface area contributed by atoms with Crippen molar-refractivity contribution in [1.82, 2.24) is 9.55 Å². The Morgan fingerprint density at radius 3 is 2.55 bits per heavy atom. The molecule has 0 saturated heterocycles. The van der Waals surface area contributed by atoms with Crippen LogP contribution < -0.4 is 0 Å². The summed E-state index contributed by atoms with van der Waals surface area (Å²) >= 11 is 5.85. The van der Waals surface area contributed by atoms with Crippen molar-refractivity contribution in [3.05, 3.63) is 53.6 Å². The second-order valence-electron chi connectivity index (χ2n) is 6.02. The number of benzene rings is 2. The van der Waals surface area contributed by atoms with Crippen LogP contribution in [0.4, 0.5) is 4.39 Å². The molecule has 0 spiro atoms. The standard InChI is InChI=1S/C17H16ClFN2O/c1-17(2,22)9-21-10-20-15-6-4-12(8-16(15)21)11-3-5-14(19)13(18)7-11/h3-8,10,22H,9H2,1-2H3. The first-order chi connectivity index (χ1) is 10.3. The zero-order valence-electron chi connectivity index (χ0n) is 12.3. The van der Waals surface area contributed by atoms with Crippen molar-refractivity contribution >= 4 is 22.6 Å². The predicted molar refractivity (Wildman–Crippen MR) is 86.4 cm³/mol. The van der Waals surface area contributed by atoms with E-state index < -0.39 is 11.4 Å². The lowest BCUT2D eigenvalue weighted by atomic mass is 10.0. The minimum Gasteiger partial charge on any atom is -0.389 e. The van der Waals surface area contributed by atoms with Crippen molar-refractivity contribution < 1.29 is 9.50 Å². The molecule has 1 aromatic heterocycles. The Morgan fingerprint density at radius 1 is 1.18 bits per heavy atom. The van der Waals surface area contributed by atoms with Crippen molar-refractivity contribution in [3.8, 4) is 11.1 Å². The highest BCUT2D eigenvalue weighted by atomic mass is 35.5. The molecule has 5 heteroatoms. The highest BCUT2D eigenvalue weighted by Gasteiger charge is 2.15. The van der Waals surface area contributed by atoms with Crippen LogP contribution in [0.5, 0.6) is 0 Å². The van der Waals surface area contributed by atoms with E-state index in [1.54, 1.807) is 32.3 Å². The third kappa shape index (κ3) is 2.98. The van der Waals surface area contributed by atoms with E-state index in [0.717, 1.165) is 22.2 Å². The fourth-order valence-electron chi connectivity index (χ4n) is 2.45. The summed E-state index contributed by atoms with van der Waals surface area (Å²) in [6, 6.07) is 10.5. The fourth-order valence-corrected chi connectivity index (χ4v) is 2.64. The second-order valence-corrected chi connectivity index (χ2v) is 6.42. The summed E-state index contributed by atoms with van der Waals surface area (Å²) in [5.74, 6) is -0.432. The van der Waals surface area contributed by atoms with Gasteiger partial charge in [0.05, 0.1) is 34.5 Å². The van der Waals surface area contributed by atoms with Crippen LogP contribution in [0.25, 0.3) is 22.2 Å². The molecule has 0 saturated carbocycles. The van der Waals surface area contributed by atoms with E-state index in [1.165, 1.54) is 6.07 Å². The summed E-state index contributed by atoms with van der Waals surface area (Å²) in [6.45, 7) is 3.95.